The lowest BCUT2D eigenvalue weighted by atomic mass is 10.2. The van der Waals surface area contributed by atoms with Gasteiger partial charge in [0.15, 0.2) is 5.95 Å². The first-order chi connectivity index (χ1) is 6.75. The molecule has 0 saturated heterocycles. The molecule has 0 fully saturated rings. The van der Waals surface area contributed by atoms with Gasteiger partial charge < -0.3 is 10.3 Å². The number of nitrogen functional groups attached to an aromatic ring is 1. The van der Waals surface area contributed by atoms with Gasteiger partial charge in [-0.25, -0.2) is 4.98 Å². The number of aryl methyl sites for hydroxylation is 1. The third-order valence-electron chi connectivity index (χ3n) is 2.03. The van der Waals surface area contributed by atoms with Gasteiger partial charge in [-0.3, -0.25) is 4.98 Å². The molecule has 0 saturated carbocycles. The van der Waals surface area contributed by atoms with Gasteiger partial charge in [-0.05, 0) is 18.1 Å². The summed E-state index contributed by atoms with van der Waals surface area (Å²) in [4.78, 5) is 8.08. The monoisotopic (exact) mass is 188 g/mol. The minimum absolute atomic E-state index is 0.534. The van der Waals surface area contributed by atoms with E-state index in [0.717, 1.165) is 17.7 Å². The van der Waals surface area contributed by atoms with E-state index in [-0.39, 0.29) is 0 Å². The summed E-state index contributed by atoms with van der Waals surface area (Å²) in [7, 11) is 0. The van der Waals surface area contributed by atoms with Crippen LogP contribution in [0.4, 0.5) is 5.95 Å². The standard InChI is InChI=1S/C10H12N4/c1-8-4-9(6-12-5-8)7-14-3-2-13-10(14)11/h2-6H,7H2,1H3,(H2,11,13). The maximum absolute atomic E-state index is 5.66. The Hall–Kier alpha value is -1.84. The number of imidazole rings is 1. The van der Waals surface area contributed by atoms with Crippen LogP contribution in [0.1, 0.15) is 11.1 Å². The van der Waals surface area contributed by atoms with Gasteiger partial charge in [0.05, 0.1) is 6.54 Å². The Morgan fingerprint density at radius 2 is 2.29 bits per heavy atom. The number of pyridine rings is 1. The van der Waals surface area contributed by atoms with E-state index in [1.54, 1.807) is 6.20 Å². The van der Waals surface area contributed by atoms with Crippen molar-refractivity contribution >= 4 is 5.95 Å². The zero-order chi connectivity index (χ0) is 9.97. The molecule has 0 amide bonds. The molecule has 0 bridgehead atoms. The second-order valence-corrected chi connectivity index (χ2v) is 3.28. The lowest BCUT2D eigenvalue weighted by Gasteiger charge is -2.04. The topological polar surface area (TPSA) is 56.7 Å². The van der Waals surface area contributed by atoms with E-state index in [1.807, 2.05) is 30.1 Å². The fraction of sp³-hybridized carbons (Fsp3) is 0.200. The van der Waals surface area contributed by atoms with Crippen LogP contribution in [0.15, 0.2) is 30.9 Å². The average molecular weight is 188 g/mol. The fourth-order valence-corrected chi connectivity index (χ4v) is 1.38. The molecular weight excluding hydrogens is 176 g/mol. The molecule has 0 spiro atoms. The molecule has 2 aromatic rings. The maximum atomic E-state index is 5.66. The predicted octanol–water partition coefficient (Wildman–Crippen LogP) is 1.22. The minimum atomic E-state index is 0.534. The summed E-state index contributed by atoms with van der Waals surface area (Å²) in [5, 5.41) is 0. The first kappa shape index (κ1) is 8.74. The number of nitrogens with zero attached hydrogens (tertiary/aromatic N) is 3. The number of anilines is 1. The Morgan fingerprint density at radius 1 is 1.43 bits per heavy atom. The lowest BCUT2D eigenvalue weighted by Crippen LogP contribution is -2.03. The fourth-order valence-electron chi connectivity index (χ4n) is 1.38. The van der Waals surface area contributed by atoms with Crippen molar-refractivity contribution in [1.29, 1.82) is 0 Å². The van der Waals surface area contributed by atoms with E-state index in [1.165, 1.54) is 0 Å². The molecule has 2 N–H and O–H groups in total. The van der Waals surface area contributed by atoms with Gasteiger partial charge in [-0.15, -0.1) is 0 Å². The van der Waals surface area contributed by atoms with Crippen molar-refractivity contribution in [2.45, 2.75) is 13.5 Å². The van der Waals surface area contributed by atoms with Crippen molar-refractivity contribution in [2.24, 2.45) is 0 Å². The van der Waals surface area contributed by atoms with E-state index >= 15 is 0 Å². The number of aromatic nitrogens is 3. The molecule has 4 heteroatoms. The van der Waals surface area contributed by atoms with Gasteiger partial charge in [0.25, 0.3) is 0 Å². The van der Waals surface area contributed by atoms with Crippen LogP contribution < -0.4 is 5.73 Å². The van der Waals surface area contributed by atoms with Gasteiger partial charge in [0, 0.05) is 24.8 Å². The summed E-state index contributed by atoms with van der Waals surface area (Å²) in [6, 6.07) is 2.09. The molecule has 0 atom stereocenters. The van der Waals surface area contributed by atoms with Gasteiger partial charge in [0.2, 0.25) is 0 Å². The molecule has 0 aliphatic heterocycles. The normalized spacial score (nSPS) is 10.4. The van der Waals surface area contributed by atoms with Crippen LogP contribution in [0, 0.1) is 6.92 Å². The van der Waals surface area contributed by atoms with Crippen molar-refractivity contribution in [3.63, 3.8) is 0 Å². The largest absolute Gasteiger partial charge is 0.369 e. The number of rotatable bonds is 2. The van der Waals surface area contributed by atoms with E-state index in [2.05, 4.69) is 16.0 Å². The molecule has 0 unspecified atom stereocenters. The molecule has 2 rings (SSSR count). The molecule has 0 radical (unpaired) electrons. The molecule has 4 nitrogen and oxygen atoms in total. The van der Waals surface area contributed by atoms with E-state index in [4.69, 9.17) is 5.73 Å². The Kier molecular flexibility index (Phi) is 2.18. The summed E-state index contributed by atoms with van der Waals surface area (Å²) in [6.07, 6.45) is 7.23. The molecule has 72 valence electrons. The highest BCUT2D eigenvalue weighted by atomic mass is 15.1. The molecule has 0 aliphatic carbocycles. The molecule has 14 heavy (non-hydrogen) atoms. The second kappa shape index (κ2) is 3.49. The minimum Gasteiger partial charge on any atom is -0.369 e. The summed E-state index contributed by atoms with van der Waals surface area (Å²) < 4.78 is 1.89. The van der Waals surface area contributed by atoms with Gasteiger partial charge in [-0.1, -0.05) is 6.07 Å². The van der Waals surface area contributed by atoms with E-state index < -0.39 is 0 Å². The molecule has 2 heterocycles. The maximum Gasteiger partial charge on any atom is 0.200 e. The molecule has 2 aromatic heterocycles. The first-order valence-electron chi connectivity index (χ1n) is 4.43. The Labute approximate surface area is 82.4 Å². The summed E-state index contributed by atoms with van der Waals surface area (Å²) in [6.45, 7) is 2.74. The molecule has 0 aliphatic rings. The second-order valence-electron chi connectivity index (χ2n) is 3.28. The Morgan fingerprint density at radius 3 is 2.93 bits per heavy atom. The number of hydrogen-bond acceptors (Lipinski definition) is 3. The van der Waals surface area contributed by atoms with Crippen LogP contribution in [-0.2, 0) is 6.54 Å². The number of nitrogens with two attached hydrogens (primary N) is 1. The van der Waals surface area contributed by atoms with Crippen molar-refractivity contribution in [2.75, 3.05) is 5.73 Å². The van der Waals surface area contributed by atoms with Crippen molar-refractivity contribution < 1.29 is 0 Å². The first-order valence-corrected chi connectivity index (χ1v) is 4.43. The zero-order valence-corrected chi connectivity index (χ0v) is 8.01. The van der Waals surface area contributed by atoms with E-state index in [9.17, 15) is 0 Å². The van der Waals surface area contributed by atoms with Crippen molar-refractivity contribution in [3.05, 3.63) is 42.0 Å². The molecule has 0 aromatic carbocycles. The van der Waals surface area contributed by atoms with Crippen LogP contribution in [0.3, 0.4) is 0 Å². The third kappa shape index (κ3) is 1.74. The van der Waals surface area contributed by atoms with Crippen molar-refractivity contribution in [1.82, 2.24) is 14.5 Å². The summed E-state index contributed by atoms with van der Waals surface area (Å²) >= 11 is 0. The van der Waals surface area contributed by atoms with Crippen molar-refractivity contribution in [3.8, 4) is 0 Å². The van der Waals surface area contributed by atoms with E-state index in [0.29, 0.717) is 5.95 Å². The Balaban J connectivity index is 2.23. The smallest absolute Gasteiger partial charge is 0.200 e. The SMILES string of the molecule is Cc1cncc(Cn2ccnc2N)c1. The van der Waals surface area contributed by atoms with Crippen LogP contribution in [0.2, 0.25) is 0 Å². The van der Waals surface area contributed by atoms with Crippen LogP contribution in [0.5, 0.6) is 0 Å². The van der Waals surface area contributed by atoms with Crippen LogP contribution in [0.25, 0.3) is 0 Å². The van der Waals surface area contributed by atoms with Gasteiger partial charge in [-0.2, -0.15) is 0 Å². The summed E-state index contributed by atoms with van der Waals surface area (Å²) in [5.74, 6) is 0.534. The summed E-state index contributed by atoms with van der Waals surface area (Å²) in [5.41, 5.74) is 7.95. The third-order valence-corrected chi connectivity index (χ3v) is 2.03. The number of hydrogen-bond donors (Lipinski definition) is 1. The highest BCUT2D eigenvalue weighted by molar-refractivity contribution is 5.22. The predicted molar refractivity (Wildman–Crippen MR) is 54.7 cm³/mol. The average Bonchev–Trinajstić information content (AvgIpc) is 2.52. The molecular formula is C10H12N4. The quantitative estimate of drug-likeness (QED) is 0.770. The zero-order valence-electron chi connectivity index (χ0n) is 8.01. The Bertz CT molecular complexity index is 433. The lowest BCUT2D eigenvalue weighted by molar-refractivity contribution is 0.805. The van der Waals surface area contributed by atoms with Crippen LogP contribution >= 0.6 is 0 Å². The highest BCUT2D eigenvalue weighted by Gasteiger charge is 1.99. The van der Waals surface area contributed by atoms with Crippen LogP contribution in [-0.4, -0.2) is 14.5 Å². The van der Waals surface area contributed by atoms with Gasteiger partial charge in [0.1, 0.15) is 0 Å². The highest BCUT2D eigenvalue weighted by Crippen LogP contribution is 2.06. The van der Waals surface area contributed by atoms with Gasteiger partial charge >= 0.3 is 0 Å².